The summed E-state index contributed by atoms with van der Waals surface area (Å²) in [7, 11) is 2.87. The highest BCUT2D eigenvalue weighted by atomic mass is 16.6. The molecule has 1 atom stereocenters. The van der Waals surface area contributed by atoms with E-state index in [1.54, 1.807) is 48.5 Å². The summed E-state index contributed by atoms with van der Waals surface area (Å²) < 4.78 is 26.9. The Morgan fingerprint density at radius 3 is 1.98 bits per heavy atom. The minimum Gasteiger partial charge on any atom is -0.464 e. The first-order valence-electron chi connectivity index (χ1n) is 14.7. The smallest absolute Gasteiger partial charge is 0.411 e. The molecular formula is C32H40N4O11. The Kier molecular flexibility index (Phi) is 14.1. The summed E-state index contributed by atoms with van der Waals surface area (Å²) in [5.74, 6) is -2.91. The van der Waals surface area contributed by atoms with E-state index < -0.39 is 74.2 Å². The summed E-state index contributed by atoms with van der Waals surface area (Å²) in [5, 5.41) is 0. The number of nitrogens with two attached hydrogens (primary N) is 1. The second-order valence-corrected chi connectivity index (χ2v) is 11.2. The zero-order chi connectivity index (χ0) is 34.2. The Labute approximate surface area is 272 Å². The number of esters is 3. The van der Waals surface area contributed by atoms with Gasteiger partial charge in [0.2, 0.25) is 0 Å². The molecule has 0 aliphatic carbocycles. The SMILES string of the molecule is CN1CC(=O)OCC(COC(=O)CN(C)C(=O)OCc2ccccc2)(CC(=O)CN)COC(=O)CN(C(=O)OCc2ccccc2)C1. The zero-order valence-corrected chi connectivity index (χ0v) is 26.5. The van der Waals surface area contributed by atoms with Crippen molar-refractivity contribution in [1.82, 2.24) is 14.7 Å². The molecule has 2 aromatic carbocycles. The van der Waals surface area contributed by atoms with E-state index in [4.69, 9.17) is 29.4 Å². The summed E-state index contributed by atoms with van der Waals surface area (Å²) in [6, 6.07) is 17.9. The molecule has 2 N–H and O–H groups in total. The quantitative estimate of drug-likeness (QED) is 0.270. The van der Waals surface area contributed by atoms with E-state index in [1.165, 1.54) is 19.0 Å². The monoisotopic (exact) mass is 656 g/mol. The first kappa shape index (κ1) is 36.4. The van der Waals surface area contributed by atoms with Crippen LogP contribution in [0.5, 0.6) is 0 Å². The molecule has 1 fully saturated rings. The van der Waals surface area contributed by atoms with Gasteiger partial charge in [0.25, 0.3) is 0 Å². The van der Waals surface area contributed by atoms with Gasteiger partial charge in [0.1, 0.15) is 51.9 Å². The van der Waals surface area contributed by atoms with Gasteiger partial charge in [-0.1, -0.05) is 60.7 Å². The van der Waals surface area contributed by atoms with Gasteiger partial charge in [-0.25, -0.2) is 9.59 Å². The molecule has 0 radical (unpaired) electrons. The molecule has 15 nitrogen and oxygen atoms in total. The molecule has 3 rings (SSSR count). The van der Waals surface area contributed by atoms with Crippen LogP contribution in [0.15, 0.2) is 60.7 Å². The molecule has 0 saturated carbocycles. The largest absolute Gasteiger partial charge is 0.464 e. The van der Waals surface area contributed by atoms with Crippen LogP contribution in [-0.2, 0) is 56.1 Å². The van der Waals surface area contributed by atoms with Crippen LogP contribution in [0, 0.1) is 5.41 Å². The number of hydrogen-bond donors (Lipinski definition) is 1. The van der Waals surface area contributed by atoms with Gasteiger partial charge in [-0.05, 0) is 18.2 Å². The van der Waals surface area contributed by atoms with Crippen molar-refractivity contribution in [2.45, 2.75) is 19.6 Å². The first-order chi connectivity index (χ1) is 22.5. The predicted octanol–water partition coefficient (Wildman–Crippen LogP) is 1.33. The van der Waals surface area contributed by atoms with Crippen LogP contribution >= 0.6 is 0 Å². The molecule has 1 saturated heterocycles. The fraction of sp³-hybridized carbons (Fsp3) is 0.438. The third kappa shape index (κ3) is 12.7. The lowest BCUT2D eigenvalue weighted by Gasteiger charge is -2.33. The molecule has 2 aromatic rings. The molecule has 1 unspecified atom stereocenters. The van der Waals surface area contributed by atoms with Crippen molar-refractivity contribution in [3.63, 3.8) is 0 Å². The van der Waals surface area contributed by atoms with Gasteiger partial charge in [-0.3, -0.25) is 29.0 Å². The molecule has 0 spiro atoms. The van der Waals surface area contributed by atoms with Gasteiger partial charge >= 0.3 is 30.1 Å². The number of ether oxygens (including phenoxy) is 5. The maximum absolute atomic E-state index is 13.0. The summed E-state index contributed by atoms with van der Waals surface area (Å²) >= 11 is 0. The van der Waals surface area contributed by atoms with Crippen molar-refractivity contribution >= 4 is 35.9 Å². The number of cyclic esters (lactones) is 2. The number of nitrogens with zero attached hydrogens (tertiary/aromatic N) is 3. The average Bonchev–Trinajstić information content (AvgIpc) is 3.06. The van der Waals surface area contributed by atoms with Crippen LogP contribution in [0.3, 0.4) is 0 Å². The Bertz CT molecular complexity index is 1370. The van der Waals surface area contributed by atoms with Crippen LogP contribution < -0.4 is 5.73 Å². The summed E-state index contributed by atoms with van der Waals surface area (Å²) in [6.45, 7) is -3.41. The van der Waals surface area contributed by atoms with Crippen LogP contribution in [0.2, 0.25) is 0 Å². The van der Waals surface area contributed by atoms with Crippen LogP contribution in [-0.4, -0.2) is 117 Å². The minimum absolute atomic E-state index is 0.00251. The normalized spacial score (nSPS) is 17.6. The number of carbonyl (C=O) groups is 6. The number of ketones is 1. The maximum atomic E-state index is 13.0. The topological polar surface area (TPSA) is 184 Å². The van der Waals surface area contributed by atoms with Crippen molar-refractivity contribution in [2.24, 2.45) is 11.1 Å². The standard InChI is InChI=1S/C32H40N4O11/c1-34-15-27(38)45-20-32(13-26(37)14-33,21-46-28(39)16-35(2)30(41)43-18-24-9-5-3-6-10-24)22-47-29(40)17-36(23-34)31(42)44-19-25-11-7-4-8-12-25/h3-12H,13-23,33H2,1-2H3. The second kappa shape index (κ2) is 18.2. The Hall–Kier alpha value is -5.02. The van der Waals surface area contributed by atoms with Gasteiger partial charge in [0.15, 0.2) is 0 Å². The van der Waals surface area contributed by atoms with E-state index in [9.17, 15) is 28.8 Å². The fourth-order valence-electron chi connectivity index (χ4n) is 4.39. The number of hydrogen-bond acceptors (Lipinski definition) is 13. The van der Waals surface area contributed by atoms with Crippen LogP contribution in [0.25, 0.3) is 0 Å². The minimum atomic E-state index is -1.51. The molecule has 1 heterocycles. The van der Waals surface area contributed by atoms with E-state index in [0.29, 0.717) is 0 Å². The van der Waals surface area contributed by atoms with Gasteiger partial charge in [-0.15, -0.1) is 0 Å². The predicted molar refractivity (Wildman–Crippen MR) is 164 cm³/mol. The van der Waals surface area contributed by atoms with Gasteiger partial charge in [-0.2, -0.15) is 0 Å². The highest BCUT2D eigenvalue weighted by Gasteiger charge is 2.39. The van der Waals surface area contributed by atoms with Crippen molar-refractivity contribution < 1.29 is 52.5 Å². The number of amides is 2. The van der Waals surface area contributed by atoms with Crippen molar-refractivity contribution in [1.29, 1.82) is 0 Å². The summed E-state index contributed by atoms with van der Waals surface area (Å²) in [5.41, 5.74) is 5.52. The van der Waals surface area contributed by atoms with Gasteiger partial charge in [0.05, 0.1) is 25.2 Å². The number of likely N-dealkylation sites (N-methyl/N-ethyl adjacent to an activating group) is 2. The Balaban J connectivity index is 1.67. The lowest BCUT2D eigenvalue weighted by molar-refractivity contribution is -0.166. The molecule has 1 aliphatic heterocycles. The van der Waals surface area contributed by atoms with E-state index in [2.05, 4.69) is 0 Å². The molecule has 2 amide bonds. The number of Topliss-reactive ketones (excluding diaryl/α,β-unsaturated/α-hetero) is 1. The second-order valence-electron chi connectivity index (χ2n) is 11.2. The lowest BCUT2D eigenvalue weighted by Crippen LogP contribution is -2.48. The molecule has 0 aromatic heterocycles. The number of rotatable bonds is 11. The Morgan fingerprint density at radius 1 is 0.851 bits per heavy atom. The molecule has 254 valence electrons. The summed E-state index contributed by atoms with van der Waals surface area (Å²) in [6.07, 6.45) is -1.97. The number of benzene rings is 2. The molecule has 47 heavy (non-hydrogen) atoms. The third-order valence-electron chi connectivity index (χ3n) is 6.90. The number of carbonyl (C=O) groups excluding carboxylic acids is 6. The highest BCUT2D eigenvalue weighted by Crippen LogP contribution is 2.26. The van der Waals surface area contributed by atoms with Crippen LogP contribution in [0.4, 0.5) is 9.59 Å². The molecule has 15 heteroatoms. The molecular weight excluding hydrogens is 616 g/mol. The summed E-state index contributed by atoms with van der Waals surface area (Å²) in [4.78, 5) is 79.7. The van der Waals surface area contributed by atoms with E-state index in [1.807, 2.05) is 12.1 Å². The highest BCUT2D eigenvalue weighted by molar-refractivity contribution is 5.82. The molecule has 0 bridgehead atoms. The van der Waals surface area contributed by atoms with Crippen LogP contribution in [0.1, 0.15) is 17.5 Å². The first-order valence-corrected chi connectivity index (χ1v) is 14.7. The van der Waals surface area contributed by atoms with Crippen molar-refractivity contribution in [3.8, 4) is 0 Å². The lowest BCUT2D eigenvalue weighted by atomic mass is 9.85. The van der Waals surface area contributed by atoms with Crippen molar-refractivity contribution in [3.05, 3.63) is 71.8 Å². The zero-order valence-electron chi connectivity index (χ0n) is 26.5. The third-order valence-corrected chi connectivity index (χ3v) is 6.90. The van der Waals surface area contributed by atoms with E-state index in [-0.39, 0.29) is 39.4 Å². The van der Waals surface area contributed by atoms with Crippen molar-refractivity contribution in [2.75, 3.05) is 66.8 Å². The van der Waals surface area contributed by atoms with Gasteiger partial charge < -0.3 is 34.3 Å². The van der Waals surface area contributed by atoms with E-state index >= 15 is 0 Å². The fourth-order valence-corrected chi connectivity index (χ4v) is 4.39. The maximum Gasteiger partial charge on any atom is 0.411 e. The Morgan fingerprint density at radius 2 is 1.40 bits per heavy atom. The van der Waals surface area contributed by atoms with Gasteiger partial charge in [0, 0.05) is 13.5 Å². The van der Waals surface area contributed by atoms with E-state index in [0.717, 1.165) is 20.9 Å². The molecule has 1 aliphatic rings. The average molecular weight is 657 g/mol.